The zero-order valence-corrected chi connectivity index (χ0v) is 10.8. The number of esters is 1. The van der Waals surface area contributed by atoms with Gasteiger partial charge in [-0.3, -0.25) is 4.79 Å². The number of ether oxygens (including phenoxy) is 1. The quantitative estimate of drug-likeness (QED) is 0.651. The number of amides is 1. The van der Waals surface area contributed by atoms with Crippen LogP contribution in [0.15, 0.2) is 18.2 Å². The van der Waals surface area contributed by atoms with Gasteiger partial charge in [-0.1, -0.05) is 0 Å². The average molecular weight is 281 g/mol. The molecule has 1 heterocycles. The van der Waals surface area contributed by atoms with Gasteiger partial charge < -0.3 is 25.0 Å². The monoisotopic (exact) mass is 281 g/mol. The molecular formula is C13H15NO6. The van der Waals surface area contributed by atoms with E-state index in [2.05, 4.69) is 4.74 Å². The molecule has 108 valence electrons. The second-order valence-corrected chi connectivity index (χ2v) is 4.62. The van der Waals surface area contributed by atoms with E-state index >= 15 is 0 Å². The molecule has 2 rings (SSSR count). The lowest BCUT2D eigenvalue weighted by molar-refractivity contribution is -0.145. The molecule has 0 spiro atoms. The van der Waals surface area contributed by atoms with Crippen molar-refractivity contribution in [2.45, 2.75) is 18.6 Å². The van der Waals surface area contributed by atoms with E-state index in [1.54, 1.807) is 0 Å². The van der Waals surface area contributed by atoms with Crippen LogP contribution in [0.4, 0.5) is 0 Å². The van der Waals surface area contributed by atoms with Crippen LogP contribution in [0, 0.1) is 0 Å². The minimum absolute atomic E-state index is 0.00494. The van der Waals surface area contributed by atoms with Gasteiger partial charge in [-0.2, -0.15) is 0 Å². The van der Waals surface area contributed by atoms with Crippen molar-refractivity contribution in [3.05, 3.63) is 23.8 Å². The second kappa shape index (κ2) is 5.38. The summed E-state index contributed by atoms with van der Waals surface area (Å²) in [6.45, 7) is -0.00494. The lowest BCUT2D eigenvalue weighted by Gasteiger charge is -2.22. The van der Waals surface area contributed by atoms with Crippen LogP contribution in [-0.2, 0) is 9.53 Å². The normalized spacial score (nSPS) is 21.8. The number of likely N-dealkylation sites (tertiary alicyclic amines) is 1. The maximum Gasteiger partial charge on any atom is 0.328 e. The molecule has 2 unspecified atom stereocenters. The first-order valence-electron chi connectivity index (χ1n) is 6.02. The van der Waals surface area contributed by atoms with Crippen molar-refractivity contribution in [3.63, 3.8) is 0 Å². The Hall–Kier alpha value is -2.28. The van der Waals surface area contributed by atoms with Crippen LogP contribution >= 0.6 is 0 Å². The van der Waals surface area contributed by atoms with Crippen molar-refractivity contribution in [1.82, 2.24) is 4.90 Å². The van der Waals surface area contributed by atoms with Gasteiger partial charge in [0.25, 0.3) is 5.91 Å². The predicted octanol–water partition coefficient (Wildman–Crippen LogP) is -0.154. The van der Waals surface area contributed by atoms with Gasteiger partial charge in [0.15, 0.2) is 0 Å². The van der Waals surface area contributed by atoms with Crippen LogP contribution in [0.2, 0.25) is 0 Å². The molecule has 1 aliphatic rings. The standard InChI is InChI=1S/C13H15NO6/c1-20-13(19)11-5-10(17)6-14(11)12(18)7-2-8(15)4-9(16)3-7/h2-4,10-11,15-17H,5-6H2,1H3. The first kappa shape index (κ1) is 14.1. The number of carbonyl (C=O) groups excluding carboxylic acids is 2. The Labute approximate surface area is 115 Å². The SMILES string of the molecule is COC(=O)C1CC(O)CN1C(=O)c1cc(O)cc(O)c1. The summed E-state index contributed by atoms with van der Waals surface area (Å²) in [7, 11) is 1.20. The first-order chi connectivity index (χ1) is 9.42. The van der Waals surface area contributed by atoms with E-state index < -0.39 is 24.0 Å². The highest BCUT2D eigenvalue weighted by Crippen LogP contribution is 2.25. The summed E-state index contributed by atoms with van der Waals surface area (Å²) in [6, 6.07) is 2.59. The number of aliphatic hydroxyl groups is 1. The third-order valence-corrected chi connectivity index (χ3v) is 3.16. The summed E-state index contributed by atoms with van der Waals surface area (Å²) in [4.78, 5) is 25.1. The second-order valence-electron chi connectivity index (χ2n) is 4.62. The summed E-state index contributed by atoms with van der Waals surface area (Å²) in [5.74, 6) is -1.70. The number of nitrogens with zero attached hydrogens (tertiary/aromatic N) is 1. The largest absolute Gasteiger partial charge is 0.508 e. The Morgan fingerprint density at radius 1 is 1.25 bits per heavy atom. The molecule has 1 aromatic carbocycles. The van der Waals surface area contributed by atoms with Crippen LogP contribution < -0.4 is 0 Å². The number of β-amino-alcohol motifs (C(OH)–C–C–N with tert-alkyl or cyclic N) is 1. The van der Waals surface area contributed by atoms with E-state index in [9.17, 15) is 24.9 Å². The number of aliphatic hydroxyl groups excluding tert-OH is 1. The van der Waals surface area contributed by atoms with Crippen molar-refractivity contribution >= 4 is 11.9 Å². The summed E-state index contributed by atoms with van der Waals surface area (Å²) in [5, 5.41) is 28.4. The Kier molecular flexibility index (Phi) is 3.80. The van der Waals surface area contributed by atoms with Crippen LogP contribution in [0.3, 0.4) is 0 Å². The summed E-state index contributed by atoms with van der Waals surface area (Å²) < 4.78 is 4.60. The van der Waals surface area contributed by atoms with Crippen molar-refractivity contribution < 1.29 is 29.6 Å². The minimum Gasteiger partial charge on any atom is -0.508 e. The number of phenolic OH excluding ortho intramolecular Hbond substituents is 2. The number of carbonyl (C=O) groups is 2. The molecule has 3 N–H and O–H groups in total. The number of hydrogen-bond donors (Lipinski definition) is 3. The molecule has 7 heteroatoms. The Balaban J connectivity index is 2.28. The van der Waals surface area contributed by atoms with Crippen LogP contribution in [0.1, 0.15) is 16.8 Å². The van der Waals surface area contributed by atoms with Gasteiger partial charge in [-0.15, -0.1) is 0 Å². The van der Waals surface area contributed by atoms with E-state index in [0.29, 0.717) is 0 Å². The Bertz CT molecular complexity index is 523. The number of benzene rings is 1. The number of aromatic hydroxyl groups is 2. The zero-order chi connectivity index (χ0) is 14.9. The molecule has 7 nitrogen and oxygen atoms in total. The maximum atomic E-state index is 12.3. The molecule has 1 aromatic rings. The third kappa shape index (κ3) is 2.67. The van der Waals surface area contributed by atoms with E-state index in [4.69, 9.17) is 0 Å². The molecule has 0 aliphatic carbocycles. The smallest absolute Gasteiger partial charge is 0.328 e. The fraction of sp³-hybridized carbons (Fsp3) is 0.385. The zero-order valence-electron chi connectivity index (χ0n) is 10.8. The highest BCUT2D eigenvalue weighted by atomic mass is 16.5. The fourth-order valence-electron chi connectivity index (χ4n) is 2.28. The Morgan fingerprint density at radius 3 is 2.40 bits per heavy atom. The van der Waals surface area contributed by atoms with Gasteiger partial charge in [0.2, 0.25) is 0 Å². The number of hydrogen-bond acceptors (Lipinski definition) is 6. The fourth-order valence-corrected chi connectivity index (χ4v) is 2.28. The minimum atomic E-state index is -0.869. The molecule has 0 radical (unpaired) electrons. The van der Waals surface area contributed by atoms with Gasteiger partial charge in [0.05, 0.1) is 13.2 Å². The highest BCUT2D eigenvalue weighted by molar-refractivity contribution is 5.98. The molecule has 20 heavy (non-hydrogen) atoms. The van der Waals surface area contributed by atoms with Gasteiger partial charge >= 0.3 is 5.97 Å². The van der Waals surface area contributed by atoms with Crippen LogP contribution in [0.5, 0.6) is 11.5 Å². The lowest BCUT2D eigenvalue weighted by Crippen LogP contribution is -2.41. The summed E-state index contributed by atoms with van der Waals surface area (Å²) in [5.41, 5.74) is 0.0329. The first-order valence-corrected chi connectivity index (χ1v) is 6.02. The maximum absolute atomic E-state index is 12.3. The van der Waals surface area contributed by atoms with Gasteiger partial charge in [-0.25, -0.2) is 4.79 Å². The molecule has 0 saturated carbocycles. The average Bonchev–Trinajstić information content (AvgIpc) is 2.78. The van der Waals surface area contributed by atoms with Gasteiger partial charge in [0.1, 0.15) is 17.5 Å². The molecule has 1 amide bonds. The molecule has 1 fully saturated rings. The molecule has 2 atom stereocenters. The van der Waals surface area contributed by atoms with Crippen LogP contribution in [0.25, 0.3) is 0 Å². The molecule has 0 aromatic heterocycles. The van der Waals surface area contributed by atoms with Gasteiger partial charge in [-0.05, 0) is 12.1 Å². The van der Waals surface area contributed by atoms with E-state index in [0.717, 1.165) is 6.07 Å². The predicted molar refractivity (Wildman–Crippen MR) is 67.2 cm³/mol. The molecule has 0 bridgehead atoms. The number of rotatable bonds is 2. The third-order valence-electron chi connectivity index (χ3n) is 3.16. The number of phenols is 2. The van der Waals surface area contributed by atoms with Crippen molar-refractivity contribution in [2.75, 3.05) is 13.7 Å². The van der Waals surface area contributed by atoms with E-state index in [1.807, 2.05) is 0 Å². The Morgan fingerprint density at radius 2 is 1.85 bits per heavy atom. The molecule has 1 aliphatic heterocycles. The topological polar surface area (TPSA) is 107 Å². The van der Waals surface area contributed by atoms with Crippen molar-refractivity contribution in [1.29, 1.82) is 0 Å². The lowest BCUT2D eigenvalue weighted by atomic mass is 10.1. The highest BCUT2D eigenvalue weighted by Gasteiger charge is 2.40. The summed E-state index contributed by atoms with van der Waals surface area (Å²) in [6.07, 6.45) is -0.711. The molecule has 1 saturated heterocycles. The van der Waals surface area contributed by atoms with Crippen molar-refractivity contribution in [3.8, 4) is 11.5 Å². The van der Waals surface area contributed by atoms with Crippen molar-refractivity contribution in [2.24, 2.45) is 0 Å². The van der Waals surface area contributed by atoms with Crippen LogP contribution in [-0.4, -0.2) is 57.9 Å². The molecular weight excluding hydrogens is 266 g/mol. The van der Waals surface area contributed by atoms with Gasteiger partial charge in [0, 0.05) is 24.6 Å². The van der Waals surface area contributed by atoms with E-state index in [-0.39, 0.29) is 30.0 Å². The van der Waals surface area contributed by atoms with E-state index in [1.165, 1.54) is 24.1 Å². The summed E-state index contributed by atoms with van der Waals surface area (Å²) >= 11 is 0. The number of methoxy groups -OCH3 is 1.